The first-order valence-electron chi connectivity index (χ1n) is 6.52. The molecule has 1 saturated carbocycles. The number of aromatic nitrogens is 1. The highest BCUT2D eigenvalue weighted by Gasteiger charge is 2.27. The number of hydrogen-bond donors (Lipinski definition) is 1. The van der Waals surface area contributed by atoms with Crippen molar-refractivity contribution < 1.29 is 9.90 Å². The van der Waals surface area contributed by atoms with E-state index in [0.717, 1.165) is 6.42 Å². The lowest BCUT2D eigenvalue weighted by Crippen LogP contribution is -2.40. The predicted octanol–water partition coefficient (Wildman–Crippen LogP) is 2.79. The Labute approximate surface area is 108 Å². The van der Waals surface area contributed by atoms with E-state index in [4.69, 9.17) is 0 Å². The summed E-state index contributed by atoms with van der Waals surface area (Å²) in [5.74, 6) is 0.268. The molecule has 1 heterocycles. The van der Waals surface area contributed by atoms with Crippen LogP contribution in [0.2, 0.25) is 0 Å². The van der Waals surface area contributed by atoms with Crippen LogP contribution in [-0.2, 0) is 0 Å². The number of carboxylic acids is 1. The Balaban J connectivity index is 2.27. The summed E-state index contributed by atoms with van der Waals surface area (Å²) < 4.78 is 0. The molecule has 0 saturated heterocycles. The topological polar surface area (TPSA) is 53.4 Å². The van der Waals surface area contributed by atoms with Crippen molar-refractivity contribution >= 4 is 11.8 Å². The monoisotopic (exact) mass is 248 g/mol. The van der Waals surface area contributed by atoms with Crippen molar-refractivity contribution in [1.82, 2.24) is 4.98 Å². The van der Waals surface area contributed by atoms with Gasteiger partial charge in [-0.25, -0.2) is 9.78 Å². The second kappa shape index (κ2) is 5.38. The van der Waals surface area contributed by atoms with Crippen molar-refractivity contribution in [3.63, 3.8) is 0 Å². The SMILES string of the molecule is CC1CCCCC1N(C)c1ncccc1C(=O)O. The van der Waals surface area contributed by atoms with E-state index in [1.165, 1.54) is 19.3 Å². The average Bonchev–Trinajstić information content (AvgIpc) is 2.38. The second-order valence-electron chi connectivity index (χ2n) is 5.12. The van der Waals surface area contributed by atoms with Gasteiger partial charge in [0.25, 0.3) is 0 Å². The van der Waals surface area contributed by atoms with Gasteiger partial charge in [-0.05, 0) is 30.9 Å². The van der Waals surface area contributed by atoms with Crippen LogP contribution in [0.4, 0.5) is 5.82 Å². The van der Waals surface area contributed by atoms with Gasteiger partial charge in [-0.3, -0.25) is 0 Å². The van der Waals surface area contributed by atoms with Gasteiger partial charge in [0.1, 0.15) is 11.4 Å². The smallest absolute Gasteiger partial charge is 0.339 e. The Morgan fingerprint density at radius 1 is 1.44 bits per heavy atom. The third-order valence-electron chi connectivity index (χ3n) is 3.91. The fourth-order valence-corrected chi connectivity index (χ4v) is 2.87. The van der Waals surface area contributed by atoms with Crippen LogP contribution in [0.5, 0.6) is 0 Å². The Hall–Kier alpha value is -1.58. The summed E-state index contributed by atoms with van der Waals surface area (Å²) in [6.45, 7) is 2.24. The minimum absolute atomic E-state index is 0.290. The summed E-state index contributed by atoms with van der Waals surface area (Å²) in [4.78, 5) is 17.5. The summed E-state index contributed by atoms with van der Waals surface area (Å²) in [6.07, 6.45) is 6.48. The summed E-state index contributed by atoms with van der Waals surface area (Å²) in [5.41, 5.74) is 0.290. The molecule has 1 fully saturated rings. The first kappa shape index (κ1) is 12.9. The Morgan fingerprint density at radius 2 is 2.17 bits per heavy atom. The van der Waals surface area contributed by atoms with Crippen molar-refractivity contribution in [2.75, 3.05) is 11.9 Å². The lowest BCUT2D eigenvalue weighted by molar-refractivity contribution is 0.0697. The summed E-state index contributed by atoms with van der Waals surface area (Å²) in [7, 11) is 1.96. The number of rotatable bonds is 3. The van der Waals surface area contributed by atoms with E-state index >= 15 is 0 Å². The third-order valence-corrected chi connectivity index (χ3v) is 3.91. The second-order valence-corrected chi connectivity index (χ2v) is 5.12. The molecule has 1 N–H and O–H groups in total. The molecular formula is C14H20N2O2. The van der Waals surface area contributed by atoms with Gasteiger partial charge in [0.05, 0.1) is 0 Å². The molecule has 0 amide bonds. The molecule has 0 aliphatic heterocycles. The summed E-state index contributed by atoms with van der Waals surface area (Å²) >= 11 is 0. The predicted molar refractivity (Wildman–Crippen MR) is 71.0 cm³/mol. The van der Waals surface area contributed by atoms with Gasteiger partial charge in [0.2, 0.25) is 0 Å². The molecule has 98 valence electrons. The van der Waals surface area contributed by atoms with Gasteiger partial charge in [0, 0.05) is 19.3 Å². The van der Waals surface area contributed by atoms with Gasteiger partial charge in [0.15, 0.2) is 0 Å². The Bertz CT molecular complexity index is 434. The lowest BCUT2D eigenvalue weighted by atomic mass is 9.85. The fraction of sp³-hybridized carbons (Fsp3) is 0.571. The van der Waals surface area contributed by atoms with Gasteiger partial charge in [-0.15, -0.1) is 0 Å². The van der Waals surface area contributed by atoms with E-state index in [2.05, 4.69) is 11.9 Å². The summed E-state index contributed by atoms with van der Waals surface area (Å²) in [6, 6.07) is 3.69. The lowest BCUT2D eigenvalue weighted by Gasteiger charge is -2.37. The maximum absolute atomic E-state index is 11.2. The first-order chi connectivity index (χ1) is 8.61. The molecule has 4 nitrogen and oxygen atoms in total. The number of pyridine rings is 1. The number of hydrogen-bond acceptors (Lipinski definition) is 3. The number of carboxylic acid groups (broad SMARTS) is 1. The highest BCUT2D eigenvalue weighted by atomic mass is 16.4. The van der Waals surface area contributed by atoms with E-state index < -0.39 is 5.97 Å². The van der Waals surface area contributed by atoms with Crippen LogP contribution >= 0.6 is 0 Å². The number of carbonyl (C=O) groups is 1. The molecule has 2 unspecified atom stereocenters. The number of anilines is 1. The molecule has 1 aliphatic carbocycles. The van der Waals surface area contributed by atoms with Crippen molar-refractivity contribution in [3.8, 4) is 0 Å². The molecular weight excluding hydrogens is 228 g/mol. The summed E-state index contributed by atoms with van der Waals surface area (Å²) in [5, 5.41) is 9.21. The standard InChI is InChI=1S/C14H20N2O2/c1-10-6-3-4-8-12(10)16(2)13-11(14(17)18)7-5-9-15-13/h5,7,9-10,12H,3-4,6,8H2,1-2H3,(H,17,18). The van der Waals surface area contributed by atoms with E-state index in [-0.39, 0.29) is 5.56 Å². The zero-order valence-corrected chi connectivity index (χ0v) is 11.0. The van der Waals surface area contributed by atoms with Crippen LogP contribution in [-0.4, -0.2) is 29.1 Å². The van der Waals surface area contributed by atoms with Gasteiger partial charge >= 0.3 is 5.97 Å². The number of aromatic carboxylic acids is 1. The van der Waals surface area contributed by atoms with E-state index in [9.17, 15) is 9.90 Å². The third kappa shape index (κ3) is 2.47. The maximum Gasteiger partial charge on any atom is 0.339 e. The highest BCUT2D eigenvalue weighted by molar-refractivity contribution is 5.93. The minimum Gasteiger partial charge on any atom is -0.478 e. The van der Waals surface area contributed by atoms with Gasteiger partial charge < -0.3 is 10.0 Å². The van der Waals surface area contributed by atoms with Gasteiger partial charge in [-0.1, -0.05) is 19.8 Å². The van der Waals surface area contributed by atoms with Crippen molar-refractivity contribution in [2.24, 2.45) is 5.92 Å². The van der Waals surface area contributed by atoms with Crippen LogP contribution in [0.15, 0.2) is 18.3 Å². The fourth-order valence-electron chi connectivity index (χ4n) is 2.87. The highest BCUT2D eigenvalue weighted by Crippen LogP contribution is 2.30. The van der Waals surface area contributed by atoms with Crippen molar-refractivity contribution in [2.45, 2.75) is 38.6 Å². The molecule has 1 aromatic heterocycles. The quantitative estimate of drug-likeness (QED) is 0.893. The van der Waals surface area contributed by atoms with Crippen molar-refractivity contribution in [3.05, 3.63) is 23.9 Å². The Morgan fingerprint density at radius 3 is 2.83 bits per heavy atom. The van der Waals surface area contributed by atoms with Gasteiger partial charge in [-0.2, -0.15) is 0 Å². The molecule has 0 bridgehead atoms. The van der Waals surface area contributed by atoms with E-state index in [1.807, 2.05) is 11.9 Å². The van der Waals surface area contributed by atoms with Crippen molar-refractivity contribution in [1.29, 1.82) is 0 Å². The molecule has 0 aromatic carbocycles. The zero-order chi connectivity index (χ0) is 13.1. The first-order valence-corrected chi connectivity index (χ1v) is 6.52. The molecule has 2 atom stereocenters. The van der Waals surface area contributed by atoms with Crippen LogP contribution < -0.4 is 4.90 Å². The molecule has 0 spiro atoms. The zero-order valence-electron chi connectivity index (χ0n) is 11.0. The van der Waals surface area contributed by atoms with Crippen LogP contribution in [0, 0.1) is 5.92 Å². The van der Waals surface area contributed by atoms with Crippen LogP contribution in [0.1, 0.15) is 43.0 Å². The van der Waals surface area contributed by atoms with E-state index in [0.29, 0.717) is 17.8 Å². The maximum atomic E-state index is 11.2. The molecule has 1 aromatic rings. The van der Waals surface area contributed by atoms with E-state index in [1.54, 1.807) is 18.3 Å². The minimum atomic E-state index is -0.909. The molecule has 18 heavy (non-hydrogen) atoms. The molecule has 0 radical (unpaired) electrons. The molecule has 1 aliphatic rings. The molecule has 2 rings (SSSR count). The Kier molecular flexibility index (Phi) is 3.84. The molecule has 4 heteroatoms. The largest absolute Gasteiger partial charge is 0.478 e. The van der Waals surface area contributed by atoms with Crippen LogP contribution in [0.3, 0.4) is 0 Å². The van der Waals surface area contributed by atoms with Crippen LogP contribution in [0.25, 0.3) is 0 Å². The normalized spacial score (nSPS) is 23.7. The average molecular weight is 248 g/mol. The number of nitrogens with zero attached hydrogens (tertiary/aromatic N) is 2.